The summed E-state index contributed by atoms with van der Waals surface area (Å²) in [5.74, 6) is 8.37. The van der Waals surface area contributed by atoms with Crippen molar-refractivity contribution in [2.45, 2.75) is 33.6 Å². The van der Waals surface area contributed by atoms with Gasteiger partial charge >= 0.3 is 0 Å². The molecule has 0 fully saturated rings. The Morgan fingerprint density at radius 2 is 1.85 bits per heavy atom. The van der Waals surface area contributed by atoms with Crippen molar-refractivity contribution >= 4 is 5.82 Å². The summed E-state index contributed by atoms with van der Waals surface area (Å²) in [7, 11) is 0. The summed E-state index contributed by atoms with van der Waals surface area (Å²) >= 11 is 0. The van der Waals surface area contributed by atoms with E-state index in [2.05, 4.69) is 35.3 Å². The second-order valence-corrected chi connectivity index (χ2v) is 4.99. The van der Waals surface area contributed by atoms with E-state index in [-0.39, 0.29) is 0 Å². The van der Waals surface area contributed by atoms with E-state index in [0.29, 0.717) is 23.4 Å². The Kier molecular flexibility index (Phi) is 4.20. The molecule has 0 aliphatic rings. The fraction of sp³-hybridized carbons (Fsp3) is 0.333. The van der Waals surface area contributed by atoms with Crippen LogP contribution in [-0.4, -0.2) is 9.97 Å². The zero-order chi connectivity index (χ0) is 14.7. The molecule has 2 rings (SSSR count). The molecule has 0 unspecified atom stereocenters. The number of rotatable bonds is 4. The van der Waals surface area contributed by atoms with Crippen LogP contribution >= 0.6 is 0 Å². The third-order valence-corrected chi connectivity index (χ3v) is 3.10. The topological polar surface area (TPSA) is 73.1 Å². The number of ether oxygens (including phenoxy) is 1. The highest BCUT2D eigenvalue weighted by molar-refractivity contribution is 5.49. The summed E-state index contributed by atoms with van der Waals surface area (Å²) in [4.78, 5) is 8.57. The first kappa shape index (κ1) is 14.3. The van der Waals surface area contributed by atoms with E-state index in [1.54, 1.807) is 0 Å². The maximum Gasteiger partial charge on any atom is 0.227 e. The second-order valence-electron chi connectivity index (χ2n) is 4.99. The molecule has 1 aromatic carbocycles. The minimum atomic E-state index is 0.376. The van der Waals surface area contributed by atoms with Crippen LogP contribution in [0.15, 0.2) is 24.3 Å². The number of hydrazine groups is 1. The molecule has 0 bridgehead atoms. The van der Waals surface area contributed by atoms with Crippen molar-refractivity contribution in [3.05, 3.63) is 41.2 Å². The predicted octanol–water partition coefficient (Wildman–Crippen LogP) is 3.29. The van der Waals surface area contributed by atoms with Gasteiger partial charge in [-0.2, -0.15) is 4.98 Å². The van der Waals surface area contributed by atoms with Gasteiger partial charge in [0.05, 0.1) is 5.56 Å². The van der Waals surface area contributed by atoms with Crippen LogP contribution in [0.3, 0.4) is 0 Å². The summed E-state index contributed by atoms with van der Waals surface area (Å²) in [5.41, 5.74) is 4.50. The molecular weight excluding hydrogens is 252 g/mol. The molecule has 0 atom stereocenters. The van der Waals surface area contributed by atoms with Gasteiger partial charge in [-0.15, -0.1) is 0 Å². The van der Waals surface area contributed by atoms with Gasteiger partial charge in [0, 0.05) is 0 Å². The summed E-state index contributed by atoms with van der Waals surface area (Å²) in [6.45, 7) is 7.95. The van der Waals surface area contributed by atoms with Gasteiger partial charge in [0.15, 0.2) is 0 Å². The number of hydrogen-bond donors (Lipinski definition) is 2. The Balaban J connectivity index is 2.43. The lowest BCUT2D eigenvalue weighted by Crippen LogP contribution is -2.12. The van der Waals surface area contributed by atoms with E-state index < -0.39 is 0 Å². The summed E-state index contributed by atoms with van der Waals surface area (Å²) in [5, 5.41) is 0. The Bertz CT molecular complexity index is 611. The highest BCUT2D eigenvalue weighted by Crippen LogP contribution is 2.32. The van der Waals surface area contributed by atoms with Crippen molar-refractivity contribution in [2.24, 2.45) is 5.84 Å². The average molecular weight is 272 g/mol. The zero-order valence-corrected chi connectivity index (χ0v) is 12.3. The number of nitrogens with zero attached hydrogens (tertiary/aromatic N) is 2. The van der Waals surface area contributed by atoms with Crippen molar-refractivity contribution < 1.29 is 4.74 Å². The van der Waals surface area contributed by atoms with Crippen LogP contribution in [-0.2, 0) is 0 Å². The molecule has 0 aliphatic carbocycles. The number of aromatic nitrogens is 2. The quantitative estimate of drug-likeness (QED) is 0.660. The van der Waals surface area contributed by atoms with Crippen molar-refractivity contribution in [3.63, 3.8) is 0 Å². The Morgan fingerprint density at radius 1 is 1.15 bits per heavy atom. The number of aryl methyl sites for hydroxylation is 1. The van der Waals surface area contributed by atoms with Gasteiger partial charge in [-0.25, -0.2) is 10.8 Å². The number of anilines is 1. The number of nitrogens with one attached hydrogen (secondary N) is 1. The lowest BCUT2D eigenvalue weighted by molar-refractivity contribution is 0.448. The average Bonchev–Trinajstić information content (AvgIpc) is 2.42. The smallest absolute Gasteiger partial charge is 0.227 e. The fourth-order valence-electron chi connectivity index (χ4n) is 2.00. The standard InChI is InChI=1S/C15H20N4O/c1-9(2)12-7-5-6-8-13(12)20-15-10(3)14(19-16)17-11(4)18-15/h5-9H,16H2,1-4H3,(H,17,18,19). The first-order chi connectivity index (χ1) is 9.52. The molecular formula is C15H20N4O. The zero-order valence-electron chi connectivity index (χ0n) is 12.3. The maximum absolute atomic E-state index is 5.98. The van der Waals surface area contributed by atoms with Crippen LogP contribution in [0.5, 0.6) is 11.6 Å². The van der Waals surface area contributed by atoms with Crippen LogP contribution in [0, 0.1) is 13.8 Å². The SMILES string of the molecule is Cc1nc(NN)c(C)c(Oc2ccccc2C(C)C)n1. The Labute approximate surface area is 119 Å². The largest absolute Gasteiger partial charge is 0.438 e. The molecule has 0 radical (unpaired) electrons. The lowest BCUT2D eigenvalue weighted by Gasteiger charge is -2.15. The van der Waals surface area contributed by atoms with E-state index in [9.17, 15) is 0 Å². The molecule has 1 heterocycles. The molecule has 20 heavy (non-hydrogen) atoms. The maximum atomic E-state index is 5.98. The van der Waals surface area contributed by atoms with Crippen molar-refractivity contribution in [2.75, 3.05) is 5.43 Å². The molecule has 0 saturated carbocycles. The Morgan fingerprint density at radius 3 is 2.50 bits per heavy atom. The summed E-state index contributed by atoms with van der Waals surface area (Å²) < 4.78 is 5.98. The molecule has 0 amide bonds. The van der Waals surface area contributed by atoms with Crippen LogP contribution in [0.4, 0.5) is 5.82 Å². The molecule has 0 aliphatic heterocycles. The lowest BCUT2D eigenvalue weighted by atomic mass is 10.0. The first-order valence-corrected chi connectivity index (χ1v) is 6.61. The normalized spacial score (nSPS) is 10.7. The fourth-order valence-corrected chi connectivity index (χ4v) is 2.00. The molecule has 5 nitrogen and oxygen atoms in total. The summed E-state index contributed by atoms with van der Waals surface area (Å²) in [6.07, 6.45) is 0. The van der Waals surface area contributed by atoms with Crippen LogP contribution in [0.2, 0.25) is 0 Å². The number of hydrogen-bond acceptors (Lipinski definition) is 5. The highest BCUT2D eigenvalue weighted by Gasteiger charge is 2.13. The molecule has 1 aromatic heterocycles. The minimum Gasteiger partial charge on any atom is -0.438 e. The van der Waals surface area contributed by atoms with E-state index in [4.69, 9.17) is 10.6 Å². The second kappa shape index (κ2) is 5.88. The van der Waals surface area contributed by atoms with Gasteiger partial charge in [-0.3, -0.25) is 0 Å². The van der Waals surface area contributed by atoms with Gasteiger partial charge in [0.2, 0.25) is 5.88 Å². The highest BCUT2D eigenvalue weighted by atomic mass is 16.5. The van der Waals surface area contributed by atoms with Crippen LogP contribution in [0.25, 0.3) is 0 Å². The van der Waals surface area contributed by atoms with E-state index in [1.807, 2.05) is 32.0 Å². The minimum absolute atomic E-state index is 0.376. The molecule has 5 heteroatoms. The number of nitrogen functional groups attached to an aromatic ring is 1. The van der Waals surface area contributed by atoms with Gasteiger partial charge in [-0.05, 0) is 31.4 Å². The number of nitrogens with two attached hydrogens (primary N) is 1. The van der Waals surface area contributed by atoms with Gasteiger partial charge < -0.3 is 10.2 Å². The molecule has 0 saturated heterocycles. The summed E-state index contributed by atoms with van der Waals surface area (Å²) in [6, 6.07) is 7.97. The van der Waals surface area contributed by atoms with Gasteiger partial charge in [-0.1, -0.05) is 32.0 Å². The number of benzene rings is 1. The molecule has 0 spiro atoms. The van der Waals surface area contributed by atoms with E-state index in [1.165, 1.54) is 0 Å². The van der Waals surface area contributed by atoms with E-state index >= 15 is 0 Å². The van der Waals surface area contributed by atoms with Gasteiger partial charge in [0.25, 0.3) is 0 Å². The van der Waals surface area contributed by atoms with Crippen molar-refractivity contribution in [1.82, 2.24) is 9.97 Å². The van der Waals surface area contributed by atoms with Gasteiger partial charge in [0.1, 0.15) is 17.4 Å². The molecule has 3 N–H and O–H groups in total. The predicted molar refractivity (Wildman–Crippen MR) is 79.9 cm³/mol. The van der Waals surface area contributed by atoms with Crippen molar-refractivity contribution in [3.8, 4) is 11.6 Å². The third-order valence-electron chi connectivity index (χ3n) is 3.10. The first-order valence-electron chi connectivity index (χ1n) is 6.61. The molecule has 106 valence electrons. The number of para-hydroxylation sites is 1. The van der Waals surface area contributed by atoms with Crippen LogP contribution in [0.1, 0.15) is 36.7 Å². The van der Waals surface area contributed by atoms with E-state index in [0.717, 1.165) is 16.9 Å². The molecule has 2 aromatic rings. The Hall–Kier alpha value is -2.14. The van der Waals surface area contributed by atoms with Crippen LogP contribution < -0.4 is 16.0 Å². The monoisotopic (exact) mass is 272 g/mol. The third kappa shape index (κ3) is 2.88. The van der Waals surface area contributed by atoms with Crippen molar-refractivity contribution in [1.29, 1.82) is 0 Å².